The number of aryl methyl sites for hydroxylation is 1. The van der Waals surface area contributed by atoms with Gasteiger partial charge < -0.3 is 20.9 Å². The molecule has 8 nitrogen and oxygen atoms in total. The molecule has 0 radical (unpaired) electrons. The molecular weight excluding hydrogens is 494 g/mol. The van der Waals surface area contributed by atoms with E-state index in [1.165, 1.54) is 24.1 Å². The molecule has 194 valence electrons. The molecular formula is C31H25N3O5. The number of rotatable bonds is 5. The van der Waals surface area contributed by atoms with E-state index in [0.717, 1.165) is 10.9 Å². The van der Waals surface area contributed by atoms with Gasteiger partial charge in [-0.05, 0) is 42.1 Å². The number of nitrogens with one attached hydrogen (secondary N) is 1. The predicted molar refractivity (Wildman–Crippen MR) is 152 cm³/mol. The Morgan fingerprint density at radius 3 is 2.26 bits per heavy atom. The fourth-order valence-corrected chi connectivity index (χ4v) is 4.50. The number of benzene rings is 5. The summed E-state index contributed by atoms with van der Waals surface area (Å²) in [7, 11) is 1.52. The van der Waals surface area contributed by atoms with Crippen LogP contribution in [-0.4, -0.2) is 30.1 Å². The number of fused-ring (bicyclic) bond motifs is 2. The summed E-state index contributed by atoms with van der Waals surface area (Å²) in [5.74, 6) is -1.34. The topological polar surface area (TPSA) is 122 Å². The number of nitrogens with two attached hydrogens (primary N) is 1. The molecule has 0 heterocycles. The number of aromatic hydroxyl groups is 1. The Hall–Kier alpha value is -5.37. The van der Waals surface area contributed by atoms with Crippen LogP contribution in [0.2, 0.25) is 0 Å². The molecule has 0 aliphatic carbocycles. The largest absolute Gasteiger partial charge is 0.506 e. The van der Waals surface area contributed by atoms with Crippen molar-refractivity contribution >= 4 is 50.8 Å². The third-order valence-electron chi connectivity index (χ3n) is 6.62. The average molecular weight is 520 g/mol. The third kappa shape index (κ3) is 4.71. The number of phenolic OH excluding ortho intramolecular Hbond substituents is 1. The van der Waals surface area contributed by atoms with Gasteiger partial charge in [0.05, 0.1) is 16.8 Å². The first-order chi connectivity index (χ1) is 18.8. The zero-order chi connectivity index (χ0) is 27.7. The van der Waals surface area contributed by atoms with E-state index in [0.29, 0.717) is 27.5 Å². The highest BCUT2D eigenvalue weighted by Gasteiger charge is 2.23. The number of primary amides is 1. The number of para-hydroxylation sites is 1. The van der Waals surface area contributed by atoms with Gasteiger partial charge in [-0.2, -0.15) is 0 Å². The van der Waals surface area contributed by atoms with Crippen LogP contribution in [0, 0.1) is 6.92 Å². The molecule has 5 aromatic rings. The molecule has 0 bridgehead atoms. The first-order valence-corrected chi connectivity index (χ1v) is 12.1. The SMILES string of the molecule is Cc1ccccc1NC(=O)c1ccc2c(N(C)C(=O)Oc3c(C(N)=O)ccc4ccccc34)cccc2c1O. The van der Waals surface area contributed by atoms with Crippen LogP contribution in [0.1, 0.15) is 26.3 Å². The monoisotopic (exact) mass is 519 g/mol. The number of ether oxygens (including phenoxy) is 1. The van der Waals surface area contributed by atoms with E-state index in [1.54, 1.807) is 48.5 Å². The Morgan fingerprint density at radius 2 is 1.49 bits per heavy atom. The maximum atomic E-state index is 13.3. The molecule has 0 fully saturated rings. The summed E-state index contributed by atoms with van der Waals surface area (Å²) in [5.41, 5.74) is 7.68. The summed E-state index contributed by atoms with van der Waals surface area (Å²) in [6, 6.07) is 26.0. The number of anilines is 2. The van der Waals surface area contributed by atoms with Crippen molar-refractivity contribution in [1.29, 1.82) is 0 Å². The van der Waals surface area contributed by atoms with Gasteiger partial charge in [-0.1, -0.05) is 66.7 Å². The molecule has 3 amide bonds. The van der Waals surface area contributed by atoms with E-state index in [2.05, 4.69) is 5.32 Å². The van der Waals surface area contributed by atoms with Crippen LogP contribution in [0.3, 0.4) is 0 Å². The van der Waals surface area contributed by atoms with E-state index >= 15 is 0 Å². The van der Waals surface area contributed by atoms with Gasteiger partial charge in [-0.3, -0.25) is 14.5 Å². The van der Waals surface area contributed by atoms with E-state index in [-0.39, 0.29) is 22.6 Å². The number of hydrogen-bond acceptors (Lipinski definition) is 5. The number of phenols is 1. The minimum absolute atomic E-state index is 0.0655. The van der Waals surface area contributed by atoms with Gasteiger partial charge in [-0.15, -0.1) is 0 Å². The molecule has 0 atom stereocenters. The van der Waals surface area contributed by atoms with E-state index in [9.17, 15) is 19.5 Å². The van der Waals surface area contributed by atoms with Crippen LogP contribution in [0.15, 0.2) is 91.0 Å². The van der Waals surface area contributed by atoms with Gasteiger partial charge in [0.25, 0.3) is 11.8 Å². The Balaban J connectivity index is 1.48. The summed E-state index contributed by atoms with van der Waals surface area (Å²) in [6.07, 6.45) is -0.762. The number of nitrogens with zero attached hydrogens (tertiary/aromatic N) is 1. The van der Waals surface area contributed by atoms with Crippen molar-refractivity contribution < 1.29 is 24.2 Å². The van der Waals surface area contributed by atoms with Crippen LogP contribution in [0.25, 0.3) is 21.5 Å². The average Bonchev–Trinajstić information content (AvgIpc) is 2.93. The number of hydrogen-bond donors (Lipinski definition) is 3. The van der Waals surface area contributed by atoms with Crippen molar-refractivity contribution in [1.82, 2.24) is 0 Å². The van der Waals surface area contributed by atoms with Crippen molar-refractivity contribution in [3.05, 3.63) is 108 Å². The van der Waals surface area contributed by atoms with Crippen LogP contribution >= 0.6 is 0 Å². The van der Waals surface area contributed by atoms with Crippen LogP contribution in [0.4, 0.5) is 16.2 Å². The summed E-state index contributed by atoms with van der Waals surface area (Å²) >= 11 is 0. The first kappa shape index (κ1) is 25.3. The Labute approximate surface area is 224 Å². The van der Waals surface area contributed by atoms with E-state index < -0.39 is 17.9 Å². The van der Waals surface area contributed by atoms with Gasteiger partial charge >= 0.3 is 6.09 Å². The van der Waals surface area contributed by atoms with E-state index in [4.69, 9.17) is 10.5 Å². The molecule has 39 heavy (non-hydrogen) atoms. The zero-order valence-corrected chi connectivity index (χ0v) is 21.3. The lowest BCUT2D eigenvalue weighted by atomic mass is 10.0. The first-order valence-electron chi connectivity index (χ1n) is 12.1. The van der Waals surface area contributed by atoms with Crippen molar-refractivity contribution in [3.63, 3.8) is 0 Å². The number of amides is 3. The highest BCUT2D eigenvalue weighted by molar-refractivity contribution is 6.13. The summed E-state index contributed by atoms with van der Waals surface area (Å²) in [5, 5.41) is 16.1. The van der Waals surface area contributed by atoms with Crippen molar-refractivity contribution in [2.75, 3.05) is 17.3 Å². The molecule has 0 unspecified atom stereocenters. The smallest absolute Gasteiger partial charge is 0.419 e. The normalized spacial score (nSPS) is 10.8. The summed E-state index contributed by atoms with van der Waals surface area (Å²) < 4.78 is 5.71. The second-order valence-corrected chi connectivity index (χ2v) is 9.06. The highest BCUT2D eigenvalue weighted by atomic mass is 16.6. The second kappa shape index (κ2) is 10.2. The minimum Gasteiger partial charge on any atom is -0.506 e. The zero-order valence-electron chi connectivity index (χ0n) is 21.3. The standard InChI is InChI=1S/C31H25N3O5/c1-18-8-3-6-12-25(18)33-30(37)23-17-16-21-22(27(23)35)11-7-13-26(21)34(2)31(38)39-28-20-10-5-4-9-19(20)14-15-24(28)29(32)36/h3-17,35H,1-2H3,(H2,32,36)(H,33,37). The molecule has 5 aromatic carbocycles. The highest BCUT2D eigenvalue weighted by Crippen LogP contribution is 2.36. The quantitative estimate of drug-likeness (QED) is 0.263. The Morgan fingerprint density at radius 1 is 0.795 bits per heavy atom. The maximum Gasteiger partial charge on any atom is 0.419 e. The molecule has 0 aromatic heterocycles. The summed E-state index contributed by atoms with van der Waals surface area (Å²) in [6.45, 7) is 1.88. The number of carbonyl (C=O) groups excluding carboxylic acids is 3. The summed E-state index contributed by atoms with van der Waals surface area (Å²) in [4.78, 5) is 39.6. The van der Waals surface area contributed by atoms with Gasteiger partial charge in [0.15, 0.2) is 5.75 Å². The van der Waals surface area contributed by atoms with E-state index in [1.807, 2.05) is 37.3 Å². The molecule has 0 aliphatic rings. The van der Waals surface area contributed by atoms with Crippen LogP contribution in [-0.2, 0) is 0 Å². The van der Waals surface area contributed by atoms with Crippen molar-refractivity contribution in [3.8, 4) is 11.5 Å². The fraction of sp³-hybridized carbons (Fsp3) is 0.0645. The van der Waals surface area contributed by atoms with Gasteiger partial charge in [0.2, 0.25) is 0 Å². The lowest BCUT2D eigenvalue weighted by Gasteiger charge is -2.21. The fourth-order valence-electron chi connectivity index (χ4n) is 4.50. The Bertz CT molecular complexity index is 1780. The molecule has 8 heteroatoms. The molecule has 0 saturated carbocycles. The second-order valence-electron chi connectivity index (χ2n) is 9.06. The van der Waals surface area contributed by atoms with Crippen molar-refractivity contribution in [2.45, 2.75) is 6.92 Å². The maximum absolute atomic E-state index is 13.3. The van der Waals surface area contributed by atoms with Crippen LogP contribution < -0.4 is 20.7 Å². The Kier molecular flexibility index (Phi) is 6.60. The molecule has 0 saturated heterocycles. The predicted octanol–water partition coefficient (Wildman–Crippen LogP) is 5.99. The van der Waals surface area contributed by atoms with Crippen molar-refractivity contribution in [2.24, 2.45) is 5.73 Å². The lowest BCUT2D eigenvalue weighted by Crippen LogP contribution is -2.30. The third-order valence-corrected chi connectivity index (χ3v) is 6.62. The number of carbonyl (C=O) groups is 3. The molecule has 0 spiro atoms. The minimum atomic E-state index is -0.762. The van der Waals surface area contributed by atoms with Gasteiger partial charge in [0.1, 0.15) is 5.75 Å². The van der Waals surface area contributed by atoms with Crippen LogP contribution in [0.5, 0.6) is 11.5 Å². The van der Waals surface area contributed by atoms with Gasteiger partial charge in [0, 0.05) is 28.9 Å². The molecule has 0 aliphatic heterocycles. The lowest BCUT2D eigenvalue weighted by molar-refractivity contribution is 0.0995. The van der Waals surface area contributed by atoms with Gasteiger partial charge in [-0.25, -0.2) is 4.79 Å². The molecule has 4 N–H and O–H groups in total. The molecule has 5 rings (SSSR count).